The van der Waals surface area contributed by atoms with Gasteiger partial charge in [-0.3, -0.25) is 0 Å². The molecule has 1 heteroatoms. The highest BCUT2D eigenvalue weighted by Gasteiger charge is 2.50. The third-order valence-corrected chi connectivity index (χ3v) is 10.5. The molecule has 0 aromatic carbocycles. The van der Waals surface area contributed by atoms with Crippen LogP contribution >= 0.6 is 0 Å². The van der Waals surface area contributed by atoms with Gasteiger partial charge in [0.2, 0.25) is 0 Å². The number of aliphatic hydroxyl groups excluding tert-OH is 1. The van der Waals surface area contributed by atoms with Gasteiger partial charge >= 0.3 is 0 Å². The number of hydrogen-bond acceptors (Lipinski definition) is 1. The summed E-state index contributed by atoms with van der Waals surface area (Å²) in [4.78, 5) is 0. The van der Waals surface area contributed by atoms with Gasteiger partial charge in [0.05, 0.1) is 0 Å². The monoisotopic (exact) mass is 416 g/mol. The molecule has 3 saturated carbocycles. The van der Waals surface area contributed by atoms with Gasteiger partial charge in [-0.05, 0) is 91.8 Å². The second-order valence-corrected chi connectivity index (χ2v) is 12.1. The van der Waals surface area contributed by atoms with Crippen molar-refractivity contribution in [3.05, 3.63) is 12.2 Å². The molecule has 0 spiro atoms. The van der Waals surface area contributed by atoms with E-state index < -0.39 is 0 Å². The van der Waals surface area contributed by atoms with Crippen LogP contribution in [0.2, 0.25) is 0 Å². The molecular formula is C29H52O. The Bertz CT molecular complexity index is 553. The molecule has 0 amide bonds. The Morgan fingerprint density at radius 3 is 2.57 bits per heavy atom. The highest BCUT2D eigenvalue weighted by Crippen LogP contribution is 2.59. The van der Waals surface area contributed by atoms with E-state index in [1.807, 2.05) is 0 Å². The van der Waals surface area contributed by atoms with Gasteiger partial charge in [0.25, 0.3) is 0 Å². The van der Waals surface area contributed by atoms with Crippen LogP contribution in [0, 0.1) is 40.4 Å². The average molecular weight is 417 g/mol. The quantitative estimate of drug-likeness (QED) is 0.295. The molecule has 0 aromatic rings. The van der Waals surface area contributed by atoms with E-state index in [9.17, 15) is 5.11 Å². The van der Waals surface area contributed by atoms with Crippen molar-refractivity contribution in [3.8, 4) is 0 Å². The van der Waals surface area contributed by atoms with Crippen molar-refractivity contribution in [2.75, 3.05) is 6.61 Å². The zero-order valence-electron chi connectivity index (χ0n) is 20.9. The second kappa shape index (κ2) is 10.5. The Labute approximate surface area is 188 Å². The van der Waals surface area contributed by atoms with Crippen LogP contribution < -0.4 is 0 Å². The van der Waals surface area contributed by atoms with Crippen LogP contribution in [0.4, 0.5) is 0 Å². The molecule has 3 fully saturated rings. The molecule has 174 valence electrons. The number of fused-ring (bicyclic) bond motifs is 1. The molecule has 30 heavy (non-hydrogen) atoms. The predicted octanol–water partition coefficient (Wildman–Crippen LogP) is 8.56. The van der Waals surface area contributed by atoms with Crippen LogP contribution in [0.5, 0.6) is 0 Å². The number of hydrogen-bond donors (Lipinski definition) is 1. The number of allylic oxidation sites excluding steroid dienone is 1. The molecule has 1 N–H and O–H groups in total. The van der Waals surface area contributed by atoms with Crippen molar-refractivity contribution in [1.29, 1.82) is 0 Å². The standard InChI is InChI=1S/C29H52O/c1-6-7-9-12-22(2)27-17-16-26(29(27,5)19-20-30)21-24-14-15-25-13-10-8-11-18-28(25,4)23(24)3/h22,24-27,30H,3,6-21H2,1-2,4-5H3. The van der Waals surface area contributed by atoms with E-state index >= 15 is 0 Å². The first-order valence-electron chi connectivity index (χ1n) is 13.7. The minimum atomic E-state index is 0.321. The van der Waals surface area contributed by atoms with Crippen LogP contribution in [-0.2, 0) is 0 Å². The number of unbranched alkanes of at least 4 members (excludes halogenated alkanes) is 2. The van der Waals surface area contributed by atoms with Gasteiger partial charge in [-0.25, -0.2) is 0 Å². The summed E-state index contributed by atoms with van der Waals surface area (Å²) in [5.74, 6) is 3.99. The molecule has 7 unspecified atom stereocenters. The Hall–Kier alpha value is -0.300. The van der Waals surface area contributed by atoms with E-state index in [4.69, 9.17) is 6.58 Å². The van der Waals surface area contributed by atoms with Gasteiger partial charge in [-0.15, -0.1) is 0 Å². The third kappa shape index (κ3) is 4.87. The lowest BCUT2D eigenvalue weighted by atomic mass is 9.56. The van der Waals surface area contributed by atoms with Gasteiger partial charge in [0.15, 0.2) is 0 Å². The molecular weight excluding hydrogens is 364 g/mol. The van der Waals surface area contributed by atoms with Crippen LogP contribution in [0.1, 0.15) is 124 Å². The lowest BCUT2D eigenvalue weighted by Crippen LogP contribution is -2.39. The Balaban J connectivity index is 1.69. The van der Waals surface area contributed by atoms with E-state index in [1.165, 1.54) is 89.9 Å². The molecule has 3 rings (SSSR count). The van der Waals surface area contributed by atoms with Crippen LogP contribution in [-0.4, -0.2) is 11.7 Å². The van der Waals surface area contributed by atoms with E-state index in [1.54, 1.807) is 5.57 Å². The molecule has 3 aliphatic rings. The van der Waals surface area contributed by atoms with Crippen molar-refractivity contribution in [1.82, 2.24) is 0 Å². The minimum absolute atomic E-state index is 0.321. The van der Waals surface area contributed by atoms with Crippen molar-refractivity contribution < 1.29 is 5.11 Å². The zero-order valence-corrected chi connectivity index (χ0v) is 20.9. The van der Waals surface area contributed by atoms with Gasteiger partial charge in [-0.1, -0.05) is 84.8 Å². The largest absolute Gasteiger partial charge is 0.396 e. The maximum absolute atomic E-state index is 9.99. The zero-order chi connectivity index (χ0) is 21.8. The highest BCUT2D eigenvalue weighted by atomic mass is 16.3. The van der Waals surface area contributed by atoms with Gasteiger partial charge in [-0.2, -0.15) is 0 Å². The molecule has 7 atom stereocenters. The summed E-state index contributed by atoms with van der Waals surface area (Å²) in [6.07, 6.45) is 20.4. The maximum atomic E-state index is 9.99. The molecule has 0 saturated heterocycles. The third-order valence-electron chi connectivity index (χ3n) is 10.5. The van der Waals surface area contributed by atoms with E-state index in [-0.39, 0.29) is 0 Å². The highest BCUT2D eigenvalue weighted by molar-refractivity contribution is 5.19. The van der Waals surface area contributed by atoms with Crippen molar-refractivity contribution in [2.24, 2.45) is 40.4 Å². The Morgan fingerprint density at radius 1 is 1.03 bits per heavy atom. The summed E-state index contributed by atoms with van der Waals surface area (Å²) in [5, 5.41) is 9.99. The molecule has 0 aliphatic heterocycles. The van der Waals surface area contributed by atoms with E-state index in [0.717, 1.165) is 36.0 Å². The summed E-state index contributed by atoms with van der Waals surface area (Å²) in [6, 6.07) is 0. The smallest absolute Gasteiger partial charge is 0.0436 e. The fourth-order valence-corrected chi connectivity index (χ4v) is 8.33. The first-order chi connectivity index (χ1) is 14.4. The number of aliphatic hydroxyl groups is 1. The predicted molar refractivity (Wildman–Crippen MR) is 130 cm³/mol. The molecule has 0 bridgehead atoms. The van der Waals surface area contributed by atoms with E-state index in [2.05, 4.69) is 27.7 Å². The van der Waals surface area contributed by atoms with Crippen molar-refractivity contribution in [3.63, 3.8) is 0 Å². The second-order valence-electron chi connectivity index (χ2n) is 12.1. The van der Waals surface area contributed by atoms with Gasteiger partial charge in [0.1, 0.15) is 0 Å². The first-order valence-corrected chi connectivity index (χ1v) is 13.7. The van der Waals surface area contributed by atoms with Crippen LogP contribution in [0.3, 0.4) is 0 Å². The molecule has 3 aliphatic carbocycles. The van der Waals surface area contributed by atoms with Gasteiger partial charge in [0, 0.05) is 6.61 Å². The lowest BCUT2D eigenvalue weighted by Gasteiger charge is -2.48. The normalized spacial score (nSPS) is 40.8. The fraction of sp³-hybridized carbons (Fsp3) is 0.931. The maximum Gasteiger partial charge on any atom is 0.0436 e. The Morgan fingerprint density at radius 2 is 1.83 bits per heavy atom. The van der Waals surface area contributed by atoms with Crippen LogP contribution in [0.15, 0.2) is 12.2 Å². The SMILES string of the molecule is C=C1C(CC2CCC(C(C)CCCCC)C2(C)CCO)CCC2CCCCCC12C. The van der Waals surface area contributed by atoms with Gasteiger partial charge < -0.3 is 5.11 Å². The Kier molecular flexibility index (Phi) is 8.56. The summed E-state index contributed by atoms with van der Waals surface area (Å²) in [6.45, 7) is 15.1. The van der Waals surface area contributed by atoms with Crippen LogP contribution in [0.25, 0.3) is 0 Å². The topological polar surface area (TPSA) is 20.2 Å². The minimum Gasteiger partial charge on any atom is -0.396 e. The molecule has 0 aromatic heterocycles. The fourth-order valence-electron chi connectivity index (χ4n) is 8.33. The molecule has 0 radical (unpaired) electrons. The molecule has 0 heterocycles. The summed E-state index contributed by atoms with van der Waals surface area (Å²) in [7, 11) is 0. The summed E-state index contributed by atoms with van der Waals surface area (Å²) in [5.41, 5.74) is 2.34. The van der Waals surface area contributed by atoms with E-state index in [0.29, 0.717) is 17.4 Å². The number of rotatable bonds is 9. The van der Waals surface area contributed by atoms with Crippen molar-refractivity contribution >= 4 is 0 Å². The lowest BCUT2D eigenvalue weighted by molar-refractivity contribution is 0.0532. The molecule has 1 nitrogen and oxygen atoms in total. The first kappa shape index (κ1) is 24.3. The average Bonchev–Trinajstić information content (AvgIpc) is 2.89. The summed E-state index contributed by atoms with van der Waals surface area (Å²) < 4.78 is 0. The van der Waals surface area contributed by atoms with Crippen molar-refractivity contribution in [2.45, 2.75) is 124 Å². The summed E-state index contributed by atoms with van der Waals surface area (Å²) >= 11 is 0.